The third-order valence-corrected chi connectivity index (χ3v) is 4.04. The van der Waals surface area contributed by atoms with Crippen LogP contribution in [0.3, 0.4) is 0 Å². The van der Waals surface area contributed by atoms with Gasteiger partial charge in [0.25, 0.3) is 0 Å². The molecule has 2 rings (SSSR count). The summed E-state index contributed by atoms with van der Waals surface area (Å²) in [6.07, 6.45) is 3.15. The Balaban J connectivity index is 1.89. The summed E-state index contributed by atoms with van der Waals surface area (Å²) < 4.78 is 19.5. The molecule has 22 heavy (non-hydrogen) atoms. The summed E-state index contributed by atoms with van der Waals surface area (Å²) in [6, 6.07) is 3.77. The first-order valence-corrected chi connectivity index (χ1v) is 7.64. The van der Waals surface area contributed by atoms with Gasteiger partial charge in [0.05, 0.1) is 6.10 Å². The number of carbonyl (C=O) groups excluding carboxylic acids is 1. The summed E-state index contributed by atoms with van der Waals surface area (Å²) >= 11 is 0. The van der Waals surface area contributed by atoms with Gasteiger partial charge < -0.3 is 20.5 Å². The van der Waals surface area contributed by atoms with Gasteiger partial charge in [0.15, 0.2) is 11.6 Å². The lowest BCUT2D eigenvalue weighted by atomic mass is 9.96. The SMILES string of the molecule is CC(CO)C(C)NC(=O)Nc1ccc(OC2CCC2)c(F)c1. The lowest BCUT2D eigenvalue weighted by Gasteiger charge is -2.26. The molecule has 0 spiro atoms. The molecule has 6 heteroatoms. The fraction of sp³-hybridized carbons (Fsp3) is 0.562. The van der Waals surface area contributed by atoms with E-state index in [1.807, 2.05) is 6.92 Å². The van der Waals surface area contributed by atoms with E-state index in [-0.39, 0.29) is 30.4 Å². The molecule has 122 valence electrons. The molecule has 1 fully saturated rings. The van der Waals surface area contributed by atoms with Crippen LogP contribution in [-0.4, -0.2) is 29.9 Å². The van der Waals surface area contributed by atoms with Crippen molar-refractivity contribution in [2.75, 3.05) is 11.9 Å². The van der Waals surface area contributed by atoms with Crippen LogP contribution < -0.4 is 15.4 Å². The Morgan fingerprint density at radius 1 is 1.45 bits per heavy atom. The van der Waals surface area contributed by atoms with Crippen LogP contribution in [0.25, 0.3) is 0 Å². The van der Waals surface area contributed by atoms with Crippen molar-refractivity contribution in [3.8, 4) is 5.75 Å². The second-order valence-electron chi connectivity index (χ2n) is 5.86. The minimum Gasteiger partial charge on any atom is -0.487 e. The maximum Gasteiger partial charge on any atom is 0.319 e. The first kappa shape index (κ1) is 16.5. The first-order valence-electron chi connectivity index (χ1n) is 7.64. The summed E-state index contributed by atoms with van der Waals surface area (Å²) in [6.45, 7) is 3.62. The smallest absolute Gasteiger partial charge is 0.319 e. The van der Waals surface area contributed by atoms with Gasteiger partial charge in [-0.3, -0.25) is 0 Å². The normalized spacial score (nSPS) is 17.3. The molecule has 3 N–H and O–H groups in total. The van der Waals surface area contributed by atoms with E-state index < -0.39 is 11.8 Å². The fourth-order valence-corrected chi connectivity index (χ4v) is 2.02. The zero-order chi connectivity index (χ0) is 16.1. The van der Waals surface area contributed by atoms with E-state index in [2.05, 4.69) is 10.6 Å². The quantitative estimate of drug-likeness (QED) is 0.756. The minimum atomic E-state index is -0.485. The molecule has 2 amide bonds. The molecule has 0 radical (unpaired) electrons. The monoisotopic (exact) mass is 310 g/mol. The second kappa shape index (κ2) is 7.45. The van der Waals surface area contributed by atoms with Crippen LogP contribution in [-0.2, 0) is 0 Å². The van der Waals surface area contributed by atoms with Crippen LogP contribution in [0.5, 0.6) is 5.75 Å². The van der Waals surface area contributed by atoms with Gasteiger partial charge in [-0.1, -0.05) is 6.92 Å². The Bertz CT molecular complexity index is 520. The van der Waals surface area contributed by atoms with Crippen molar-refractivity contribution in [1.29, 1.82) is 0 Å². The summed E-state index contributed by atoms with van der Waals surface area (Å²) in [5.74, 6) is -0.319. The number of amides is 2. The number of aliphatic hydroxyl groups excluding tert-OH is 1. The first-order chi connectivity index (χ1) is 10.5. The number of halogens is 1. The number of aliphatic hydroxyl groups is 1. The zero-order valence-corrected chi connectivity index (χ0v) is 12.9. The molecular weight excluding hydrogens is 287 g/mol. The molecule has 0 heterocycles. The number of urea groups is 1. The predicted octanol–water partition coefficient (Wildman–Crippen LogP) is 2.90. The van der Waals surface area contributed by atoms with Crippen molar-refractivity contribution in [3.63, 3.8) is 0 Å². The van der Waals surface area contributed by atoms with E-state index in [0.29, 0.717) is 5.69 Å². The highest BCUT2D eigenvalue weighted by Gasteiger charge is 2.21. The van der Waals surface area contributed by atoms with E-state index in [0.717, 1.165) is 19.3 Å². The molecule has 1 saturated carbocycles. The van der Waals surface area contributed by atoms with Crippen molar-refractivity contribution in [3.05, 3.63) is 24.0 Å². The molecule has 2 unspecified atom stereocenters. The van der Waals surface area contributed by atoms with Gasteiger partial charge in [-0.2, -0.15) is 0 Å². The van der Waals surface area contributed by atoms with Gasteiger partial charge in [-0.15, -0.1) is 0 Å². The number of anilines is 1. The molecule has 1 aromatic carbocycles. The molecular formula is C16H23FN2O3. The number of carbonyl (C=O) groups is 1. The van der Waals surface area contributed by atoms with Crippen LogP contribution in [0.4, 0.5) is 14.9 Å². The van der Waals surface area contributed by atoms with Crippen molar-refractivity contribution < 1.29 is 19.0 Å². The molecule has 0 bridgehead atoms. The van der Waals surface area contributed by atoms with E-state index in [1.165, 1.54) is 12.1 Å². The minimum absolute atomic E-state index is 0.0106. The van der Waals surface area contributed by atoms with Gasteiger partial charge in [0.2, 0.25) is 0 Å². The summed E-state index contributed by atoms with van der Waals surface area (Å²) in [4.78, 5) is 11.8. The molecule has 0 aliphatic heterocycles. The van der Waals surface area contributed by atoms with Gasteiger partial charge >= 0.3 is 6.03 Å². The van der Waals surface area contributed by atoms with E-state index in [4.69, 9.17) is 9.84 Å². The number of nitrogens with one attached hydrogen (secondary N) is 2. The van der Waals surface area contributed by atoms with Crippen LogP contribution in [0, 0.1) is 11.7 Å². The molecule has 0 saturated heterocycles. The number of hydrogen-bond acceptors (Lipinski definition) is 3. The number of ether oxygens (including phenoxy) is 1. The molecule has 1 aliphatic rings. The van der Waals surface area contributed by atoms with Gasteiger partial charge in [-0.25, -0.2) is 9.18 Å². The number of rotatable bonds is 6. The Labute approximate surface area is 129 Å². The average molecular weight is 310 g/mol. The standard InChI is InChI=1S/C16H23FN2O3/c1-10(9-20)11(2)18-16(21)19-12-6-7-15(14(17)8-12)22-13-4-3-5-13/h6-8,10-11,13,20H,3-5,9H2,1-2H3,(H2,18,19,21). The van der Waals surface area contributed by atoms with E-state index in [9.17, 15) is 9.18 Å². The Morgan fingerprint density at radius 3 is 2.73 bits per heavy atom. The maximum atomic E-state index is 13.9. The molecule has 0 aromatic heterocycles. The lowest BCUT2D eigenvalue weighted by Crippen LogP contribution is -2.40. The van der Waals surface area contributed by atoms with Crippen molar-refractivity contribution in [1.82, 2.24) is 5.32 Å². The molecule has 1 aliphatic carbocycles. The second-order valence-corrected chi connectivity index (χ2v) is 5.86. The molecule has 2 atom stereocenters. The third kappa shape index (κ3) is 4.34. The maximum absolute atomic E-state index is 13.9. The van der Waals surface area contributed by atoms with Gasteiger partial charge in [0.1, 0.15) is 0 Å². The predicted molar refractivity (Wildman–Crippen MR) is 82.5 cm³/mol. The van der Waals surface area contributed by atoms with Crippen molar-refractivity contribution in [2.45, 2.75) is 45.3 Å². The van der Waals surface area contributed by atoms with Crippen LogP contribution in [0.2, 0.25) is 0 Å². The summed E-state index contributed by atoms with van der Waals surface area (Å²) in [7, 11) is 0. The Kier molecular flexibility index (Phi) is 5.60. The van der Waals surface area contributed by atoms with Gasteiger partial charge in [-0.05, 0) is 44.2 Å². The van der Waals surface area contributed by atoms with Crippen molar-refractivity contribution >= 4 is 11.7 Å². The van der Waals surface area contributed by atoms with Crippen LogP contribution in [0.1, 0.15) is 33.1 Å². The zero-order valence-electron chi connectivity index (χ0n) is 12.9. The number of hydrogen-bond donors (Lipinski definition) is 3. The van der Waals surface area contributed by atoms with Crippen LogP contribution >= 0.6 is 0 Å². The summed E-state index contributed by atoms with van der Waals surface area (Å²) in [5.41, 5.74) is 0.361. The highest BCUT2D eigenvalue weighted by Crippen LogP contribution is 2.28. The average Bonchev–Trinajstić information content (AvgIpc) is 2.43. The van der Waals surface area contributed by atoms with Crippen LogP contribution in [0.15, 0.2) is 18.2 Å². The largest absolute Gasteiger partial charge is 0.487 e. The molecule has 1 aromatic rings. The third-order valence-electron chi connectivity index (χ3n) is 4.04. The Morgan fingerprint density at radius 2 is 2.18 bits per heavy atom. The topological polar surface area (TPSA) is 70.6 Å². The fourth-order valence-electron chi connectivity index (χ4n) is 2.02. The van der Waals surface area contributed by atoms with E-state index in [1.54, 1.807) is 13.0 Å². The lowest BCUT2D eigenvalue weighted by molar-refractivity contribution is 0.115. The highest BCUT2D eigenvalue weighted by molar-refractivity contribution is 5.89. The Hall–Kier alpha value is -1.82. The van der Waals surface area contributed by atoms with E-state index >= 15 is 0 Å². The summed E-state index contributed by atoms with van der Waals surface area (Å²) in [5, 5.41) is 14.3. The molecule has 5 nitrogen and oxygen atoms in total. The highest BCUT2D eigenvalue weighted by atomic mass is 19.1. The van der Waals surface area contributed by atoms with Crippen molar-refractivity contribution in [2.24, 2.45) is 5.92 Å². The number of benzene rings is 1. The van der Waals surface area contributed by atoms with Gasteiger partial charge in [0, 0.05) is 24.4 Å².